The highest BCUT2D eigenvalue weighted by molar-refractivity contribution is 5.91. The van der Waals surface area contributed by atoms with Crippen molar-refractivity contribution in [3.63, 3.8) is 0 Å². The number of carbonyl (C=O) groups is 1. The summed E-state index contributed by atoms with van der Waals surface area (Å²) in [5.41, 5.74) is 1.24. The fourth-order valence-corrected chi connectivity index (χ4v) is 1.68. The van der Waals surface area contributed by atoms with Crippen molar-refractivity contribution in [3.8, 4) is 5.88 Å². The van der Waals surface area contributed by atoms with E-state index in [9.17, 15) is 4.79 Å². The van der Waals surface area contributed by atoms with Crippen LogP contribution in [-0.2, 0) is 11.3 Å². The molecule has 0 amide bonds. The Bertz CT molecular complexity index is 594. The lowest BCUT2D eigenvalue weighted by atomic mass is 10.4. The van der Waals surface area contributed by atoms with Gasteiger partial charge in [0.2, 0.25) is 11.6 Å². The largest absolute Gasteiger partial charge is 0.476 e. The molecule has 0 spiro atoms. The maximum atomic E-state index is 11.8. The molecule has 0 radical (unpaired) electrons. The van der Waals surface area contributed by atoms with E-state index in [0.29, 0.717) is 24.3 Å². The zero-order valence-electron chi connectivity index (χ0n) is 11.2. The molecule has 0 aliphatic heterocycles. The van der Waals surface area contributed by atoms with Gasteiger partial charge in [-0.25, -0.2) is 14.5 Å². The molecule has 0 bridgehead atoms. The van der Waals surface area contributed by atoms with Gasteiger partial charge in [0.25, 0.3) is 0 Å². The van der Waals surface area contributed by atoms with Gasteiger partial charge < -0.3 is 9.47 Å². The minimum absolute atomic E-state index is 0.0897. The fraction of sp³-hybridized carbons (Fsp3) is 0.500. The summed E-state index contributed by atoms with van der Waals surface area (Å²) in [5, 5.41) is 4.15. The van der Waals surface area contributed by atoms with Crippen LogP contribution >= 0.6 is 0 Å². The van der Waals surface area contributed by atoms with E-state index in [-0.39, 0.29) is 18.2 Å². The summed E-state index contributed by atoms with van der Waals surface area (Å²) in [4.78, 5) is 20.4. The summed E-state index contributed by atoms with van der Waals surface area (Å²) in [5.74, 6) is -0.353. The van der Waals surface area contributed by atoms with Gasteiger partial charge in [-0.2, -0.15) is 10.1 Å². The van der Waals surface area contributed by atoms with E-state index in [1.165, 1.54) is 0 Å². The molecule has 7 heteroatoms. The van der Waals surface area contributed by atoms with Crippen LogP contribution in [0.5, 0.6) is 5.88 Å². The lowest BCUT2D eigenvalue weighted by molar-refractivity contribution is 0.0514. The summed E-state index contributed by atoms with van der Waals surface area (Å²) in [7, 11) is 0. The number of esters is 1. The molecular formula is C12H16N4O3. The number of carbonyl (C=O) groups excluding carboxylic acids is 1. The Morgan fingerprint density at radius 1 is 1.26 bits per heavy atom. The van der Waals surface area contributed by atoms with Crippen molar-refractivity contribution in [3.05, 3.63) is 11.9 Å². The number of rotatable bonds is 5. The molecule has 19 heavy (non-hydrogen) atoms. The quantitative estimate of drug-likeness (QED) is 0.760. The average molecular weight is 264 g/mol. The second kappa shape index (κ2) is 5.64. The first-order valence-corrected chi connectivity index (χ1v) is 6.24. The number of hydrogen-bond donors (Lipinski definition) is 0. The van der Waals surface area contributed by atoms with Crippen molar-refractivity contribution in [1.29, 1.82) is 0 Å². The number of nitrogens with zero attached hydrogens (tertiary/aromatic N) is 4. The van der Waals surface area contributed by atoms with Crippen molar-refractivity contribution in [2.45, 2.75) is 27.3 Å². The van der Waals surface area contributed by atoms with Crippen LogP contribution in [0, 0.1) is 0 Å². The molecule has 0 N–H and O–H groups in total. The van der Waals surface area contributed by atoms with Crippen LogP contribution in [0.15, 0.2) is 6.20 Å². The third kappa shape index (κ3) is 2.49. The highest BCUT2D eigenvalue weighted by atomic mass is 16.5. The number of aromatic nitrogens is 4. The minimum atomic E-state index is -0.537. The van der Waals surface area contributed by atoms with E-state index in [1.54, 1.807) is 17.8 Å². The Hall–Kier alpha value is -2.18. The molecule has 2 aromatic heterocycles. The van der Waals surface area contributed by atoms with E-state index in [1.807, 2.05) is 13.8 Å². The van der Waals surface area contributed by atoms with Gasteiger partial charge in [0.05, 0.1) is 19.4 Å². The van der Waals surface area contributed by atoms with E-state index in [4.69, 9.17) is 9.47 Å². The predicted molar refractivity (Wildman–Crippen MR) is 68.1 cm³/mol. The van der Waals surface area contributed by atoms with Gasteiger partial charge in [0, 0.05) is 6.54 Å². The highest BCUT2D eigenvalue weighted by Gasteiger charge is 2.20. The van der Waals surface area contributed by atoms with E-state index in [2.05, 4.69) is 15.1 Å². The molecule has 2 aromatic rings. The Morgan fingerprint density at radius 2 is 2.05 bits per heavy atom. The van der Waals surface area contributed by atoms with Gasteiger partial charge in [-0.1, -0.05) is 0 Å². The van der Waals surface area contributed by atoms with Gasteiger partial charge in [-0.05, 0) is 20.8 Å². The van der Waals surface area contributed by atoms with Crippen LogP contribution in [0.1, 0.15) is 31.3 Å². The van der Waals surface area contributed by atoms with Crippen molar-refractivity contribution < 1.29 is 14.3 Å². The summed E-state index contributed by atoms with van der Waals surface area (Å²) in [6.45, 7) is 6.85. The molecule has 7 nitrogen and oxygen atoms in total. The topological polar surface area (TPSA) is 79.1 Å². The zero-order chi connectivity index (χ0) is 13.8. The first-order chi connectivity index (χ1) is 9.21. The third-order valence-corrected chi connectivity index (χ3v) is 2.48. The Labute approximate surface area is 110 Å². The van der Waals surface area contributed by atoms with Crippen molar-refractivity contribution in [2.24, 2.45) is 0 Å². The molecule has 0 saturated heterocycles. The van der Waals surface area contributed by atoms with Crippen LogP contribution in [0.4, 0.5) is 0 Å². The molecular weight excluding hydrogens is 248 g/mol. The molecule has 0 aromatic carbocycles. The van der Waals surface area contributed by atoms with Gasteiger partial charge >= 0.3 is 5.97 Å². The molecule has 0 fully saturated rings. The smallest absolute Gasteiger partial charge is 0.362 e. The number of fused-ring (bicyclic) bond motifs is 1. The first kappa shape index (κ1) is 13.3. The maximum Gasteiger partial charge on any atom is 0.362 e. The minimum Gasteiger partial charge on any atom is -0.476 e. The van der Waals surface area contributed by atoms with Crippen LogP contribution in [0.2, 0.25) is 0 Å². The van der Waals surface area contributed by atoms with Gasteiger partial charge in [-0.15, -0.1) is 0 Å². The molecule has 2 heterocycles. The fourth-order valence-electron chi connectivity index (χ4n) is 1.68. The summed E-state index contributed by atoms with van der Waals surface area (Å²) >= 11 is 0. The monoisotopic (exact) mass is 264 g/mol. The first-order valence-electron chi connectivity index (χ1n) is 6.24. The van der Waals surface area contributed by atoms with E-state index < -0.39 is 5.97 Å². The van der Waals surface area contributed by atoms with Crippen molar-refractivity contribution in [2.75, 3.05) is 13.2 Å². The third-order valence-electron chi connectivity index (χ3n) is 2.48. The summed E-state index contributed by atoms with van der Waals surface area (Å²) in [6, 6.07) is 0. The molecule has 102 valence electrons. The molecule has 0 unspecified atom stereocenters. The van der Waals surface area contributed by atoms with Crippen LogP contribution in [0.25, 0.3) is 11.2 Å². The molecule has 0 saturated carbocycles. The Balaban J connectivity index is 2.55. The second-order valence-electron chi connectivity index (χ2n) is 3.70. The van der Waals surface area contributed by atoms with Gasteiger partial charge in [0.1, 0.15) is 5.52 Å². The Morgan fingerprint density at radius 3 is 2.68 bits per heavy atom. The molecule has 2 rings (SSSR count). The standard InChI is InChI=1S/C12H16N4O3/c1-4-16-10-8(7-13-16)14-9(12(17)19-6-3)11(15-10)18-5-2/h7H,4-6H2,1-3H3. The van der Waals surface area contributed by atoms with Crippen LogP contribution in [0.3, 0.4) is 0 Å². The second-order valence-corrected chi connectivity index (χ2v) is 3.70. The SMILES string of the molecule is CCOC(=O)c1nc2cnn(CC)c2nc1OCC. The highest BCUT2D eigenvalue weighted by Crippen LogP contribution is 2.19. The normalized spacial score (nSPS) is 10.7. The van der Waals surface area contributed by atoms with Crippen molar-refractivity contribution in [1.82, 2.24) is 19.7 Å². The summed E-state index contributed by atoms with van der Waals surface area (Å²) < 4.78 is 12.0. The lowest BCUT2D eigenvalue weighted by Crippen LogP contribution is -2.12. The molecule has 0 atom stereocenters. The zero-order valence-corrected chi connectivity index (χ0v) is 11.2. The van der Waals surface area contributed by atoms with E-state index in [0.717, 1.165) is 0 Å². The average Bonchev–Trinajstić information content (AvgIpc) is 2.80. The van der Waals surface area contributed by atoms with Gasteiger partial charge in [-0.3, -0.25) is 0 Å². The number of aryl methyl sites for hydroxylation is 1. The molecule has 0 aliphatic carbocycles. The summed E-state index contributed by atoms with van der Waals surface area (Å²) in [6.07, 6.45) is 1.57. The van der Waals surface area contributed by atoms with Crippen LogP contribution < -0.4 is 4.74 Å². The Kier molecular flexibility index (Phi) is 3.94. The lowest BCUT2D eigenvalue weighted by Gasteiger charge is -2.08. The number of hydrogen-bond acceptors (Lipinski definition) is 6. The van der Waals surface area contributed by atoms with E-state index >= 15 is 0 Å². The molecule has 0 aliphatic rings. The predicted octanol–water partition coefficient (Wildman–Crippen LogP) is 1.42. The maximum absolute atomic E-state index is 11.8. The van der Waals surface area contributed by atoms with Gasteiger partial charge in [0.15, 0.2) is 5.65 Å². The number of ether oxygens (including phenoxy) is 2. The van der Waals surface area contributed by atoms with Crippen molar-refractivity contribution >= 4 is 17.1 Å². The van der Waals surface area contributed by atoms with Crippen LogP contribution in [-0.4, -0.2) is 38.9 Å².